The second-order valence-electron chi connectivity index (χ2n) is 2.91. The maximum absolute atomic E-state index is 7.25. The van der Waals surface area contributed by atoms with Crippen LogP contribution in [0.5, 0.6) is 0 Å². The van der Waals surface area contributed by atoms with E-state index in [1.54, 1.807) is 0 Å². The molecule has 0 aromatic heterocycles. The average molecular weight is 401 g/mol. The molecular formula is C11H24NOPW-2. The molecule has 0 aromatic rings. The molecule has 0 fully saturated rings. The van der Waals surface area contributed by atoms with E-state index in [-0.39, 0.29) is 43.8 Å². The van der Waals surface area contributed by atoms with Crippen molar-refractivity contribution in [3.63, 3.8) is 0 Å². The Balaban J connectivity index is -0.0000000339. The molecule has 0 heterocycles. The minimum Gasteiger partial charge on any atom is -0.577 e. The van der Waals surface area contributed by atoms with Crippen LogP contribution in [0.2, 0.25) is 0 Å². The van der Waals surface area contributed by atoms with Gasteiger partial charge in [0.05, 0.1) is 0 Å². The molecule has 0 saturated carbocycles. The first-order valence-electron chi connectivity index (χ1n) is 3.98. The number of nitrogens with zero attached hydrogens (tertiary/aromatic N) is 1. The topological polar surface area (TPSA) is 39.4 Å². The van der Waals surface area contributed by atoms with Gasteiger partial charge in [0.1, 0.15) is 0 Å². The van der Waals surface area contributed by atoms with E-state index < -0.39 is 0 Å². The Labute approximate surface area is 111 Å². The van der Waals surface area contributed by atoms with Gasteiger partial charge in [-0.15, -0.1) is 0 Å². The molecule has 15 heavy (non-hydrogen) atoms. The molecule has 0 atom stereocenters. The van der Waals surface area contributed by atoms with Gasteiger partial charge in [0.15, 0.2) is 0 Å². The summed E-state index contributed by atoms with van der Waals surface area (Å²) < 4.78 is 0. The molecule has 0 spiro atoms. The van der Waals surface area contributed by atoms with Crippen LogP contribution in [0.1, 0.15) is 12.8 Å². The molecule has 2 nitrogen and oxygen atoms in total. The van der Waals surface area contributed by atoms with E-state index in [1.165, 1.54) is 0 Å². The fourth-order valence-corrected chi connectivity index (χ4v) is 0.542. The summed E-state index contributed by atoms with van der Waals surface area (Å²) in [6, 6.07) is 0. The molecule has 0 unspecified atom stereocenters. The summed E-state index contributed by atoms with van der Waals surface area (Å²) in [6.45, 7) is 6.81. The van der Waals surface area contributed by atoms with Crippen molar-refractivity contribution in [3.8, 4) is 0 Å². The van der Waals surface area contributed by atoms with Gasteiger partial charge in [-0.3, -0.25) is 0 Å². The molecule has 0 radical (unpaired) electrons. The fourth-order valence-electron chi connectivity index (χ4n) is 0.542. The quantitative estimate of drug-likeness (QED) is 0.341. The second-order valence-corrected chi connectivity index (χ2v) is 5.91. The van der Waals surface area contributed by atoms with Crippen LogP contribution in [0, 0.1) is 19.8 Å². The smallest absolute Gasteiger partial charge is 0.0461 e. The first kappa shape index (κ1) is 29.5. The van der Waals surface area contributed by atoms with E-state index in [1.807, 2.05) is 0 Å². The Morgan fingerprint density at radius 1 is 0.867 bits per heavy atom. The van der Waals surface area contributed by atoms with E-state index in [0.717, 1.165) is 12.8 Å². The maximum Gasteiger partial charge on any atom is 0.0461 e. The minimum atomic E-state index is 0. The molecule has 0 aromatic carbocycles. The monoisotopic (exact) mass is 401 g/mol. The summed E-state index contributed by atoms with van der Waals surface area (Å²) in [6.07, 6.45) is 11.0. The van der Waals surface area contributed by atoms with E-state index in [9.17, 15) is 0 Å². The number of hydrogen-bond acceptors (Lipinski definition) is 1. The predicted octanol–water partition coefficient (Wildman–Crippen LogP) is 4.20. The van der Waals surface area contributed by atoms with Crippen LogP contribution in [0.25, 0.3) is 5.59 Å². The Bertz CT molecular complexity index is 116. The molecular weight excluding hydrogens is 377 g/mol. The molecule has 0 aliphatic heterocycles. The third-order valence-corrected chi connectivity index (χ3v) is 0.878. The van der Waals surface area contributed by atoms with Crippen molar-refractivity contribution in [2.24, 2.45) is 0 Å². The first-order chi connectivity index (χ1) is 5.73. The molecule has 0 N–H and O–H groups in total. The Morgan fingerprint density at radius 3 is 1.07 bits per heavy atom. The van der Waals surface area contributed by atoms with Gasteiger partial charge in [0.25, 0.3) is 0 Å². The molecule has 4 heteroatoms. The standard InChI is InChI=1S/C6H8.C3H9P.2CH3.NO.W/c1-2-4-6-5-3-1;1-4(2)3;;;1-2;/h1-2,5-6H,3-4H2;1-3H3;2*1H3;;/q;;3*-1;/p+1. The molecule has 1 aliphatic rings. The van der Waals surface area contributed by atoms with Crippen LogP contribution < -0.4 is 0 Å². The van der Waals surface area contributed by atoms with E-state index in [0.29, 0.717) is 0 Å². The zero-order chi connectivity index (χ0) is 9.82. The molecule has 0 bridgehead atoms. The van der Waals surface area contributed by atoms with Crippen molar-refractivity contribution in [1.82, 2.24) is 0 Å². The number of nitroso groups, excluding NO2 is 1. The van der Waals surface area contributed by atoms with Crippen LogP contribution in [-0.2, 0) is 21.1 Å². The van der Waals surface area contributed by atoms with Gasteiger partial charge in [-0.1, -0.05) is 24.3 Å². The van der Waals surface area contributed by atoms with E-state index in [2.05, 4.69) is 44.3 Å². The summed E-state index contributed by atoms with van der Waals surface area (Å²) in [5, 5.41) is 0. The van der Waals surface area contributed by atoms with Crippen molar-refractivity contribution in [2.45, 2.75) is 12.8 Å². The summed E-state index contributed by atoms with van der Waals surface area (Å²) in [5.41, 5.74) is 5.75. The van der Waals surface area contributed by atoms with Crippen molar-refractivity contribution in [3.05, 3.63) is 49.7 Å². The Kier molecular flexibility index (Phi) is 57.4. The number of rotatable bonds is 0. The van der Waals surface area contributed by atoms with Crippen LogP contribution in [0.15, 0.2) is 24.3 Å². The fraction of sp³-hybridized carbons (Fsp3) is 0.455. The molecule has 92 valence electrons. The third kappa shape index (κ3) is 55.0. The van der Waals surface area contributed by atoms with Gasteiger partial charge in [-0.05, 0) is 20.8 Å². The normalized spacial score (nSPS) is 10.1. The van der Waals surface area contributed by atoms with Gasteiger partial charge in [-0.2, -0.15) is 0 Å². The van der Waals surface area contributed by atoms with Gasteiger partial charge in [0.2, 0.25) is 0 Å². The Morgan fingerprint density at radius 2 is 1.00 bits per heavy atom. The van der Waals surface area contributed by atoms with Crippen LogP contribution in [0.4, 0.5) is 0 Å². The summed E-state index contributed by atoms with van der Waals surface area (Å²) >= 11 is 0. The first-order valence-corrected chi connectivity index (χ1v) is 6.98. The third-order valence-electron chi connectivity index (χ3n) is 0.878. The van der Waals surface area contributed by atoms with E-state index in [4.69, 9.17) is 10.5 Å². The second kappa shape index (κ2) is 29.2. The van der Waals surface area contributed by atoms with Gasteiger partial charge >= 0.3 is 0 Å². The van der Waals surface area contributed by atoms with Crippen molar-refractivity contribution >= 4 is 7.92 Å². The zero-order valence-corrected chi connectivity index (χ0v) is 14.4. The van der Waals surface area contributed by atoms with Crippen LogP contribution in [0.3, 0.4) is 0 Å². The molecule has 0 saturated heterocycles. The van der Waals surface area contributed by atoms with Crippen LogP contribution >= 0.6 is 7.92 Å². The predicted molar refractivity (Wildman–Crippen MR) is 73.2 cm³/mol. The van der Waals surface area contributed by atoms with Crippen molar-refractivity contribution in [1.29, 1.82) is 0 Å². The molecule has 1 aliphatic carbocycles. The largest absolute Gasteiger partial charge is 0.577 e. The summed E-state index contributed by atoms with van der Waals surface area (Å²) in [7, 11) is 0.120. The maximum atomic E-state index is 7.25. The SMILES string of the molecule is C1=CCC=CC1.C[PH+](C)C.[CH3-].[CH3-].[N-]=O.[W]. The number of allylic oxidation sites excluding steroid dienone is 4. The van der Waals surface area contributed by atoms with Gasteiger partial charge < -0.3 is 25.4 Å². The molecule has 1 rings (SSSR count). The van der Waals surface area contributed by atoms with Crippen LogP contribution in [-0.4, -0.2) is 20.0 Å². The minimum absolute atomic E-state index is 0. The Hall–Kier alpha value is 0.198. The van der Waals surface area contributed by atoms with Crippen molar-refractivity contribution in [2.75, 3.05) is 20.0 Å². The van der Waals surface area contributed by atoms with Gasteiger partial charge in [-0.25, -0.2) is 0 Å². The molecule has 0 amide bonds. The van der Waals surface area contributed by atoms with Crippen molar-refractivity contribution < 1.29 is 21.1 Å². The summed E-state index contributed by atoms with van der Waals surface area (Å²) in [4.78, 5) is 7.25. The summed E-state index contributed by atoms with van der Waals surface area (Å²) in [5.74, 6) is 0. The zero-order valence-electron chi connectivity index (χ0n) is 10.5. The average Bonchev–Trinajstić information content (AvgIpc) is 2.10. The van der Waals surface area contributed by atoms with Gasteiger partial charge in [0, 0.05) is 41.1 Å². The number of hydrogen-bond donors (Lipinski definition) is 0. The van der Waals surface area contributed by atoms with E-state index >= 15 is 0 Å².